The Kier molecular flexibility index (Phi) is 7.06. The number of rotatable bonds is 5. The fourth-order valence-corrected chi connectivity index (χ4v) is 3.87. The number of carbonyl (C=O) groups is 2. The SMILES string of the molecule is COC(=O)/C(CC(=O)O)=C(\c1ccc(C(F)(F)F)cc1)c1cc(Br)cc(Br)c1. The van der Waals surface area contributed by atoms with Crippen molar-refractivity contribution in [1.29, 1.82) is 0 Å². The molecule has 0 spiro atoms. The average Bonchev–Trinajstić information content (AvgIpc) is 2.59. The van der Waals surface area contributed by atoms with Gasteiger partial charge in [-0.2, -0.15) is 13.2 Å². The summed E-state index contributed by atoms with van der Waals surface area (Å²) >= 11 is 6.62. The van der Waals surface area contributed by atoms with Gasteiger partial charge in [0, 0.05) is 8.95 Å². The summed E-state index contributed by atoms with van der Waals surface area (Å²) < 4.78 is 44.6. The number of methoxy groups -OCH3 is 1. The van der Waals surface area contributed by atoms with E-state index in [1.165, 1.54) is 12.1 Å². The summed E-state index contributed by atoms with van der Waals surface area (Å²) in [5.74, 6) is -2.16. The van der Waals surface area contributed by atoms with Crippen LogP contribution in [0.4, 0.5) is 13.2 Å². The number of aliphatic carboxylic acids is 1. The fourth-order valence-electron chi connectivity index (χ4n) is 2.58. The highest BCUT2D eigenvalue weighted by Crippen LogP contribution is 2.35. The molecule has 1 N–H and O–H groups in total. The molecule has 0 fully saturated rings. The molecule has 0 amide bonds. The zero-order valence-corrected chi connectivity index (χ0v) is 17.5. The Morgan fingerprint density at radius 1 is 1.00 bits per heavy atom. The molecule has 0 heterocycles. The van der Waals surface area contributed by atoms with Crippen molar-refractivity contribution in [3.8, 4) is 0 Å². The Bertz CT molecular complexity index is 915. The highest BCUT2D eigenvalue weighted by atomic mass is 79.9. The van der Waals surface area contributed by atoms with E-state index in [1.807, 2.05) is 0 Å². The molecule has 0 aliphatic carbocycles. The summed E-state index contributed by atoms with van der Waals surface area (Å²) in [6.07, 6.45) is -5.18. The molecule has 148 valence electrons. The first-order valence-electron chi connectivity index (χ1n) is 7.70. The first kappa shape index (κ1) is 22.2. The standard InChI is InChI=1S/C19H13Br2F3O4/c1-28-18(27)15(9-16(25)26)17(11-6-13(20)8-14(21)7-11)10-2-4-12(5-3-10)19(22,23)24/h2-8H,9H2,1H3,(H,25,26)/b17-15+. The number of halogens is 5. The van der Waals surface area contributed by atoms with E-state index in [4.69, 9.17) is 4.74 Å². The van der Waals surface area contributed by atoms with Crippen LogP contribution >= 0.6 is 31.9 Å². The van der Waals surface area contributed by atoms with Gasteiger partial charge in [0.15, 0.2) is 0 Å². The van der Waals surface area contributed by atoms with E-state index in [1.54, 1.807) is 18.2 Å². The Balaban J connectivity index is 2.79. The number of hydrogen-bond donors (Lipinski definition) is 1. The molecule has 9 heteroatoms. The van der Waals surface area contributed by atoms with Crippen LogP contribution in [0.1, 0.15) is 23.1 Å². The lowest BCUT2D eigenvalue weighted by molar-refractivity contribution is -0.141. The van der Waals surface area contributed by atoms with Gasteiger partial charge < -0.3 is 9.84 Å². The first-order valence-corrected chi connectivity index (χ1v) is 9.29. The molecule has 0 aromatic heterocycles. The van der Waals surface area contributed by atoms with Crippen molar-refractivity contribution >= 4 is 49.4 Å². The predicted molar refractivity (Wildman–Crippen MR) is 104 cm³/mol. The van der Waals surface area contributed by atoms with Gasteiger partial charge in [-0.1, -0.05) is 44.0 Å². The summed E-state index contributed by atoms with van der Waals surface area (Å²) in [4.78, 5) is 23.6. The van der Waals surface area contributed by atoms with Gasteiger partial charge in [0.25, 0.3) is 0 Å². The first-order chi connectivity index (χ1) is 13.0. The van der Waals surface area contributed by atoms with Crippen LogP contribution in [0.25, 0.3) is 5.57 Å². The number of ether oxygens (including phenoxy) is 1. The molecule has 0 radical (unpaired) electrons. The molecular weight excluding hydrogens is 509 g/mol. The van der Waals surface area contributed by atoms with E-state index in [2.05, 4.69) is 31.9 Å². The third kappa shape index (κ3) is 5.45. The lowest BCUT2D eigenvalue weighted by atomic mass is 9.91. The number of esters is 1. The number of carboxylic acid groups (broad SMARTS) is 1. The van der Waals surface area contributed by atoms with Crippen LogP contribution in [0.3, 0.4) is 0 Å². The molecular formula is C19H13Br2F3O4. The van der Waals surface area contributed by atoms with Crippen molar-refractivity contribution in [2.45, 2.75) is 12.6 Å². The maximum atomic E-state index is 12.9. The quantitative estimate of drug-likeness (QED) is 0.406. The lowest BCUT2D eigenvalue weighted by Crippen LogP contribution is -2.13. The second-order valence-electron chi connectivity index (χ2n) is 5.65. The zero-order valence-electron chi connectivity index (χ0n) is 14.3. The average molecular weight is 522 g/mol. The molecule has 4 nitrogen and oxygen atoms in total. The summed E-state index contributed by atoms with van der Waals surface area (Å²) in [7, 11) is 1.10. The monoisotopic (exact) mass is 520 g/mol. The minimum Gasteiger partial charge on any atom is -0.481 e. The van der Waals surface area contributed by atoms with Gasteiger partial charge in [-0.3, -0.25) is 4.79 Å². The molecule has 0 saturated carbocycles. The molecule has 28 heavy (non-hydrogen) atoms. The van der Waals surface area contributed by atoms with E-state index in [0.29, 0.717) is 14.5 Å². The molecule has 2 aromatic carbocycles. The van der Waals surface area contributed by atoms with E-state index in [-0.39, 0.29) is 16.7 Å². The van der Waals surface area contributed by atoms with Crippen molar-refractivity contribution in [3.63, 3.8) is 0 Å². The molecule has 0 saturated heterocycles. The number of carboxylic acids is 1. The zero-order chi connectivity index (χ0) is 21.1. The van der Waals surface area contributed by atoms with E-state index >= 15 is 0 Å². The van der Waals surface area contributed by atoms with Crippen LogP contribution in [0, 0.1) is 0 Å². The minimum atomic E-state index is -4.52. The van der Waals surface area contributed by atoms with Crippen LogP contribution in [-0.2, 0) is 20.5 Å². The Hall–Kier alpha value is -2.13. The van der Waals surface area contributed by atoms with E-state index in [9.17, 15) is 27.9 Å². The molecule has 0 aliphatic rings. The summed E-state index contributed by atoms with van der Waals surface area (Å²) in [6.45, 7) is 0. The maximum absolute atomic E-state index is 12.9. The van der Waals surface area contributed by atoms with Crippen LogP contribution in [0.2, 0.25) is 0 Å². The summed E-state index contributed by atoms with van der Waals surface area (Å²) in [6, 6.07) is 9.11. The minimum absolute atomic E-state index is 0.171. The highest BCUT2D eigenvalue weighted by molar-refractivity contribution is 9.11. The number of carbonyl (C=O) groups excluding carboxylic acids is 1. The molecule has 2 aromatic rings. The summed E-state index contributed by atoms with van der Waals surface area (Å²) in [5.41, 5.74) is -0.184. The number of benzene rings is 2. The molecule has 0 bridgehead atoms. The largest absolute Gasteiger partial charge is 0.481 e. The summed E-state index contributed by atoms with van der Waals surface area (Å²) in [5, 5.41) is 9.22. The Morgan fingerprint density at radius 3 is 1.96 bits per heavy atom. The second kappa shape index (κ2) is 8.91. The van der Waals surface area contributed by atoms with Gasteiger partial charge in [-0.15, -0.1) is 0 Å². The van der Waals surface area contributed by atoms with Crippen LogP contribution in [0.5, 0.6) is 0 Å². The van der Waals surface area contributed by atoms with Crippen molar-refractivity contribution in [1.82, 2.24) is 0 Å². The van der Waals surface area contributed by atoms with Gasteiger partial charge in [-0.05, 0) is 47.0 Å². The van der Waals surface area contributed by atoms with Crippen molar-refractivity contribution in [2.75, 3.05) is 7.11 Å². The number of alkyl halides is 3. The smallest absolute Gasteiger partial charge is 0.416 e. The third-order valence-corrected chi connectivity index (χ3v) is 4.63. The van der Waals surface area contributed by atoms with Crippen molar-refractivity contribution in [2.24, 2.45) is 0 Å². The molecule has 0 aliphatic heterocycles. The van der Waals surface area contributed by atoms with Gasteiger partial charge in [0.1, 0.15) is 0 Å². The lowest BCUT2D eigenvalue weighted by Gasteiger charge is -2.16. The van der Waals surface area contributed by atoms with Gasteiger partial charge in [-0.25, -0.2) is 4.79 Å². The normalized spacial score (nSPS) is 12.4. The van der Waals surface area contributed by atoms with E-state index in [0.717, 1.165) is 19.2 Å². The molecule has 2 rings (SSSR count). The van der Waals surface area contributed by atoms with Crippen LogP contribution < -0.4 is 0 Å². The maximum Gasteiger partial charge on any atom is 0.416 e. The fraction of sp³-hybridized carbons (Fsp3) is 0.158. The predicted octanol–water partition coefficient (Wildman–Crippen LogP) is 5.68. The van der Waals surface area contributed by atoms with Gasteiger partial charge in [0.05, 0.1) is 24.7 Å². The van der Waals surface area contributed by atoms with Crippen molar-refractivity contribution < 1.29 is 32.6 Å². The topological polar surface area (TPSA) is 63.6 Å². The Morgan fingerprint density at radius 2 is 1.54 bits per heavy atom. The van der Waals surface area contributed by atoms with Crippen molar-refractivity contribution in [3.05, 3.63) is 73.7 Å². The molecule has 0 atom stereocenters. The highest BCUT2D eigenvalue weighted by Gasteiger charge is 2.30. The van der Waals surface area contributed by atoms with Crippen LogP contribution in [-0.4, -0.2) is 24.2 Å². The Labute approximate surface area is 175 Å². The van der Waals surface area contributed by atoms with Crippen LogP contribution in [0.15, 0.2) is 57.0 Å². The second-order valence-corrected chi connectivity index (χ2v) is 7.48. The number of hydrogen-bond acceptors (Lipinski definition) is 3. The third-order valence-electron chi connectivity index (χ3n) is 3.71. The van der Waals surface area contributed by atoms with Gasteiger partial charge >= 0.3 is 18.1 Å². The van der Waals surface area contributed by atoms with Gasteiger partial charge in [0.2, 0.25) is 0 Å². The molecule has 0 unspecified atom stereocenters. The van der Waals surface area contributed by atoms with E-state index < -0.39 is 30.1 Å².